The molecule has 1 aromatic carbocycles. The van der Waals surface area contributed by atoms with Crippen molar-refractivity contribution in [2.45, 2.75) is 0 Å². The van der Waals surface area contributed by atoms with Crippen molar-refractivity contribution in [2.24, 2.45) is 0 Å². The fraction of sp³-hybridized carbons (Fsp3) is 0.111. The van der Waals surface area contributed by atoms with Gasteiger partial charge in [-0.25, -0.2) is 0 Å². The van der Waals surface area contributed by atoms with Gasteiger partial charge in [0.25, 0.3) is 0 Å². The molecule has 4 N–H and O–H groups in total. The first kappa shape index (κ1) is 14.4. The highest BCUT2D eigenvalue weighted by atomic mass is 32.3. The number of nitrogens with one attached hydrogen (secondary N) is 1. The van der Waals surface area contributed by atoms with Crippen LogP contribution in [0.15, 0.2) is 36.9 Å². The maximum absolute atomic E-state index is 8.93. The molecule has 0 saturated carbocycles. The molecule has 16 heavy (non-hydrogen) atoms. The second-order valence-electron chi connectivity index (χ2n) is 2.66. The van der Waals surface area contributed by atoms with Gasteiger partial charge in [-0.05, 0) is 24.3 Å². The van der Waals surface area contributed by atoms with Crippen LogP contribution in [0.25, 0.3) is 0 Å². The van der Waals surface area contributed by atoms with Crippen LogP contribution < -0.4 is 5.32 Å². The van der Waals surface area contributed by atoms with Gasteiger partial charge in [0.05, 0.1) is 0 Å². The largest absolute Gasteiger partial charge is 0.508 e. The van der Waals surface area contributed by atoms with E-state index in [1.807, 2.05) is 12.1 Å². The second-order valence-corrected chi connectivity index (χ2v) is 3.56. The third kappa shape index (κ3) is 10.5. The quantitative estimate of drug-likeness (QED) is 0.365. The van der Waals surface area contributed by atoms with E-state index in [2.05, 4.69) is 11.9 Å². The van der Waals surface area contributed by atoms with Crippen LogP contribution >= 0.6 is 0 Å². The summed E-state index contributed by atoms with van der Waals surface area (Å²) in [5.74, 6) is 0.286. The first-order valence-corrected chi connectivity index (χ1v) is 5.56. The molecule has 7 heteroatoms. The lowest BCUT2D eigenvalue weighted by Gasteiger charge is -2.01. The molecule has 6 nitrogen and oxygen atoms in total. The molecule has 0 aromatic heterocycles. The van der Waals surface area contributed by atoms with Crippen LogP contribution in [0, 0.1) is 0 Å². The number of rotatable bonds is 3. The summed E-state index contributed by atoms with van der Waals surface area (Å²) >= 11 is 0. The molecular formula is C9H13NO5S. The Morgan fingerprint density at radius 1 is 1.25 bits per heavy atom. The third-order valence-electron chi connectivity index (χ3n) is 1.32. The van der Waals surface area contributed by atoms with Crippen molar-refractivity contribution < 1.29 is 22.6 Å². The summed E-state index contributed by atoms with van der Waals surface area (Å²) in [6.45, 7) is 4.32. The number of phenolic OH excluding ortho intramolecular Hbond substituents is 1. The van der Waals surface area contributed by atoms with Crippen LogP contribution in [-0.4, -0.2) is 29.2 Å². The minimum absolute atomic E-state index is 0.286. The van der Waals surface area contributed by atoms with E-state index >= 15 is 0 Å². The minimum atomic E-state index is -4.67. The predicted octanol–water partition coefficient (Wildman–Crippen LogP) is 1.34. The minimum Gasteiger partial charge on any atom is -0.508 e. The molecule has 1 aromatic rings. The Labute approximate surface area is 93.8 Å². The van der Waals surface area contributed by atoms with E-state index in [0.29, 0.717) is 0 Å². The molecule has 0 radical (unpaired) electrons. The van der Waals surface area contributed by atoms with E-state index in [1.165, 1.54) is 0 Å². The molecule has 0 amide bonds. The predicted molar refractivity (Wildman–Crippen MR) is 61.0 cm³/mol. The van der Waals surface area contributed by atoms with Crippen molar-refractivity contribution in [1.29, 1.82) is 0 Å². The van der Waals surface area contributed by atoms with Gasteiger partial charge >= 0.3 is 10.4 Å². The molecule has 0 heterocycles. The summed E-state index contributed by atoms with van der Waals surface area (Å²) in [6, 6.07) is 6.93. The van der Waals surface area contributed by atoms with E-state index < -0.39 is 10.4 Å². The van der Waals surface area contributed by atoms with Gasteiger partial charge in [0.1, 0.15) is 5.75 Å². The Bertz CT molecular complexity index is 404. The van der Waals surface area contributed by atoms with Gasteiger partial charge in [0.15, 0.2) is 0 Å². The van der Waals surface area contributed by atoms with E-state index in [4.69, 9.17) is 22.6 Å². The van der Waals surface area contributed by atoms with Gasteiger partial charge in [-0.2, -0.15) is 8.42 Å². The smallest absolute Gasteiger partial charge is 0.394 e. The van der Waals surface area contributed by atoms with Crippen LogP contribution in [-0.2, 0) is 10.4 Å². The van der Waals surface area contributed by atoms with Crippen LogP contribution in [0.5, 0.6) is 5.75 Å². The van der Waals surface area contributed by atoms with Gasteiger partial charge in [-0.1, -0.05) is 6.08 Å². The summed E-state index contributed by atoms with van der Waals surface area (Å²) < 4.78 is 31.6. The maximum Gasteiger partial charge on any atom is 0.394 e. The Balaban J connectivity index is 0.000000385. The first-order valence-electron chi connectivity index (χ1n) is 4.16. The molecular weight excluding hydrogens is 234 g/mol. The number of anilines is 1. The molecule has 0 atom stereocenters. The van der Waals surface area contributed by atoms with Gasteiger partial charge in [0.2, 0.25) is 0 Å². The number of hydrogen-bond donors (Lipinski definition) is 4. The van der Waals surface area contributed by atoms with Crippen molar-refractivity contribution in [3.8, 4) is 5.75 Å². The summed E-state index contributed by atoms with van der Waals surface area (Å²) in [6.07, 6.45) is 1.78. The highest BCUT2D eigenvalue weighted by molar-refractivity contribution is 7.79. The van der Waals surface area contributed by atoms with Crippen LogP contribution in [0.2, 0.25) is 0 Å². The average molecular weight is 247 g/mol. The lowest BCUT2D eigenvalue weighted by Crippen LogP contribution is -1.96. The summed E-state index contributed by atoms with van der Waals surface area (Å²) in [5, 5.41) is 12.0. The lowest BCUT2D eigenvalue weighted by molar-refractivity contribution is 0.381. The van der Waals surface area contributed by atoms with E-state index in [-0.39, 0.29) is 5.75 Å². The average Bonchev–Trinajstić information content (AvgIpc) is 2.14. The zero-order valence-corrected chi connectivity index (χ0v) is 9.18. The van der Waals surface area contributed by atoms with Gasteiger partial charge in [0, 0.05) is 12.2 Å². The number of aromatic hydroxyl groups is 1. The molecule has 0 aliphatic heterocycles. The molecule has 0 fully saturated rings. The Kier molecular flexibility index (Phi) is 6.16. The van der Waals surface area contributed by atoms with Crippen LogP contribution in [0.1, 0.15) is 0 Å². The SMILES string of the molecule is C=CCNc1ccc(O)cc1.O=S(=O)(O)O. The van der Waals surface area contributed by atoms with Crippen molar-refractivity contribution in [2.75, 3.05) is 11.9 Å². The molecule has 0 unspecified atom stereocenters. The molecule has 0 aliphatic carbocycles. The van der Waals surface area contributed by atoms with Crippen molar-refractivity contribution in [3.05, 3.63) is 36.9 Å². The van der Waals surface area contributed by atoms with E-state index in [0.717, 1.165) is 12.2 Å². The van der Waals surface area contributed by atoms with E-state index in [9.17, 15) is 0 Å². The standard InChI is InChI=1S/C9H11NO.H2O4S/c1-2-7-10-8-3-5-9(11)6-4-8;1-5(2,3)4/h2-6,10-11H,1,7H2;(H2,1,2,3,4). The van der Waals surface area contributed by atoms with Gasteiger partial charge in [-0.3, -0.25) is 9.11 Å². The summed E-state index contributed by atoms with van der Waals surface area (Å²) in [4.78, 5) is 0. The topological polar surface area (TPSA) is 107 Å². The monoisotopic (exact) mass is 247 g/mol. The fourth-order valence-electron chi connectivity index (χ4n) is 0.769. The van der Waals surface area contributed by atoms with Crippen LogP contribution in [0.4, 0.5) is 5.69 Å². The lowest BCUT2D eigenvalue weighted by atomic mass is 10.3. The highest BCUT2D eigenvalue weighted by Gasteiger charge is 1.88. The summed E-state index contributed by atoms with van der Waals surface area (Å²) in [5.41, 5.74) is 0.989. The Morgan fingerprint density at radius 3 is 2.06 bits per heavy atom. The third-order valence-corrected chi connectivity index (χ3v) is 1.32. The fourth-order valence-corrected chi connectivity index (χ4v) is 0.769. The van der Waals surface area contributed by atoms with Gasteiger partial charge in [-0.15, -0.1) is 6.58 Å². The van der Waals surface area contributed by atoms with Crippen molar-refractivity contribution in [3.63, 3.8) is 0 Å². The number of hydrogen-bond acceptors (Lipinski definition) is 4. The van der Waals surface area contributed by atoms with Gasteiger partial charge < -0.3 is 10.4 Å². The second kappa shape index (κ2) is 6.83. The Morgan fingerprint density at radius 2 is 1.69 bits per heavy atom. The molecule has 90 valence electrons. The van der Waals surface area contributed by atoms with Crippen molar-refractivity contribution >= 4 is 16.1 Å². The van der Waals surface area contributed by atoms with E-state index in [1.54, 1.807) is 18.2 Å². The maximum atomic E-state index is 8.93. The molecule has 0 bridgehead atoms. The molecule has 1 rings (SSSR count). The Hall–Kier alpha value is -1.57. The highest BCUT2D eigenvalue weighted by Crippen LogP contribution is 2.12. The zero-order valence-electron chi connectivity index (χ0n) is 8.37. The molecule has 0 aliphatic rings. The van der Waals surface area contributed by atoms with Crippen molar-refractivity contribution in [1.82, 2.24) is 0 Å². The number of phenols is 1. The normalized spacial score (nSPS) is 9.88. The number of benzene rings is 1. The van der Waals surface area contributed by atoms with Crippen LogP contribution in [0.3, 0.4) is 0 Å². The molecule has 0 saturated heterocycles. The molecule has 0 spiro atoms. The summed E-state index contributed by atoms with van der Waals surface area (Å²) in [7, 11) is -4.67. The zero-order chi connectivity index (χ0) is 12.6. The first-order chi connectivity index (χ1) is 7.33.